The molecule has 0 aliphatic carbocycles. The van der Waals surface area contributed by atoms with E-state index in [1.165, 1.54) is 5.56 Å². The first kappa shape index (κ1) is 29.7. The number of unbranched alkanes of at least 4 members (excludes halogenated alkanes) is 2. The number of phenols is 1. The van der Waals surface area contributed by atoms with E-state index in [4.69, 9.17) is 5.73 Å². The Kier molecular flexibility index (Phi) is 8.23. The van der Waals surface area contributed by atoms with Gasteiger partial charge in [0.2, 0.25) is 11.8 Å². The van der Waals surface area contributed by atoms with Gasteiger partial charge in [0.25, 0.3) is 0 Å². The summed E-state index contributed by atoms with van der Waals surface area (Å²) in [6, 6.07) is 18.9. The van der Waals surface area contributed by atoms with Crippen molar-refractivity contribution in [3.05, 3.63) is 72.4 Å². The van der Waals surface area contributed by atoms with Crippen LogP contribution in [0, 0.1) is 0 Å². The highest BCUT2D eigenvalue weighted by atomic mass is 16.3. The number of fused-ring (bicyclic) bond motifs is 3. The summed E-state index contributed by atoms with van der Waals surface area (Å²) in [5, 5.41) is 23.4. The molecule has 2 aliphatic heterocycles. The zero-order valence-corrected chi connectivity index (χ0v) is 25.7. The summed E-state index contributed by atoms with van der Waals surface area (Å²) < 4.78 is 2.03. The number of nitrogens with two attached hydrogens (primary N) is 1. The Morgan fingerprint density at radius 3 is 2.61 bits per heavy atom. The van der Waals surface area contributed by atoms with Crippen molar-refractivity contribution < 1.29 is 14.7 Å². The Balaban J connectivity index is 0.955. The van der Waals surface area contributed by atoms with E-state index in [1.807, 2.05) is 28.8 Å². The summed E-state index contributed by atoms with van der Waals surface area (Å²) in [7, 11) is 0. The molecule has 2 saturated heterocycles. The number of imide groups is 1. The van der Waals surface area contributed by atoms with E-state index in [0.29, 0.717) is 29.9 Å². The molecule has 2 amide bonds. The van der Waals surface area contributed by atoms with Crippen LogP contribution in [0.3, 0.4) is 0 Å². The number of nitrogens with zero attached hydrogens (tertiary/aromatic N) is 6. The number of hydrogen-bond donors (Lipinski definition) is 3. The molecule has 1 unspecified atom stereocenters. The molecule has 2 aromatic carbocycles. The molecule has 0 spiro atoms. The lowest BCUT2D eigenvalue weighted by Gasteiger charge is -2.36. The minimum Gasteiger partial charge on any atom is -0.507 e. The predicted molar refractivity (Wildman–Crippen MR) is 178 cm³/mol. The number of nitrogens with one attached hydrogen (secondary N) is 1. The number of nitrogen functional groups attached to an aromatic ring is 1. The number of carbonyl (C=O) groups is 2. The second-order valence-corrected chi connectivity index (χ2v) is 12.2. The number of aromatic nitrogens is 4. The number of anilines is 2. The second kappa shape index (κ2) is 12.8. The highest BCUT2D eigenvalue weighted by molar-refractivity contribution is 6.10. The van der Waals surface area contributed by atoms with Crippen LogP contribution in [0.2, 0.25) is 0 Å². The van der Waals surface area contributed by atoms with Crippen LogP contribution in [0.1, 0.15) is 43.7 Å². The van der Waals surface area contributed by atoms with Crippen molar-refractivity contribution in [2.75, 3.05) is 43.4 Å². The number of amides is 2. The fraction of sp³-hybridized carbons (Fsp3) is 0.343. The highest BCUT2D eigenvalue weighted by Gasteiger charge is 2.31. The molecule has 5 aromatic rings. The number of aryl methyl sites for hydroxylation is 1. The number of phenolic OH excluding ortho intramolecular Hbond substituents is 1. The average Bonchev–Trinajstić information content (AvgIpc) is 3.40. The van der Waals surface area contributed by atoms with Crippen LogP contribution < -0.4 is 16.0 Å². The summed E-state index contributed by atoms with van der Waals surface area (Å²) in [5.74, 6) is 0.0985. The lowest BCUT2D eigenvalue weighted by Crippen LogP contribution is -2.46. The van der Waals surface area contributed by atoms with Gasteiger partial charge in [-0.15, -0.1) is 10.2 Å². The van der Waals surface area contributed by atoms with E-state index in [1.54, 1.807) is 18.3 Å². The minimum absolute atomic E-state index is 0.171. The van der Waals surface area contributed by atoms with Crippen LogP contribution in [-0.2, 0) is 16.0 Å². The van der Waals surface area contributed by atoms with Crippen LogP contribution >= 0.6 is 0 Å². The van der Waals surface area contributed by atoms with Gasteiger partial charge in [0, 0.05) is 55.1 Å². The third kappa shape index (κ3) is 5.74. The molecular weight excluding hydrogens is 580 g/mol. The number of piperidine rings is 1. The number of piperazine rings is 1. The maximum atomic E-state index is 12.8. The minimum atomic E-state index is -0.450. The summed E-state index contributed by atoms with van der Waals surface area (Å²) in [5.41, 5.74) is 11.4. The van der Waals surface area contributed by atoms with Crippen molar-refractivity contribution in [2.24, 2.45) is 0 Å². The molecular formula is C35H38N8O3. The standard InChI is InChI=1S/C35H38N8O3/c36-33-29(22-26(39-40-33)24-10-3-4-13-30(24)44)42-20-18-41(19-21-42)17-5-1-2-8-23-9-6-12-27-32(23)25-11-7-16-37-34(25)43(27)28-14-15-31(45)38-35(28)46/h3-4,6-7,9-13,16,22,28,44H,1-2,5,8,14-15,17-21H2,(H2,36,40)(H,38,45,46). The van der Waals surface area contributed by atoms with Crippen molar-refractivity contribution in [2.45, 2.75) is 44.6 Å². The molecule has 7 rings (SSSR count). The molecule has 236 valence electrons. The van der Waals surface area contributed by atoms with Gasteiger partial charge >= 0.3 is 0 Å². The highest BCUT2D eigenvalue weighted by Crippen LogP contribution is 2.36. The summed E-state index contributed by atoms with van der Waals surface area (Å²) in [6.45, 7) is 4.64. The molecule has 46 heavy (non-hydrogen) atoms. The summed E-state index contributed by atoms with van der Waals surface area (Å²) >= 11 is 0. The molecule has 0 radical (unpaired) electrons. The van der Waals surface area contributed by atoms with Gasteiger partial charge in [-0.05, 0) is 74.2 Å². The van der Waals surface area contributed by atoms with Gasteiger partial charge in [-0.1, -0.05) is 30.7 Å². The van der Waals surface area contributed by atoms with E-state index in [0.717, 1.165) is 86.0 Å². The Hall–Kier alpha value is -5.03. The molecule has 2 aliphatic rings. The third-order valence-electron chi connectivity index (χ3n) is 9.31. The van der Waals surface area contributed by atoms with Crippen LogP contribution in [0.15, 0.2) is 66.9 Å². The Labute approximate surface area is 267 Å². The smallest absolute Gasteiger partial charge is 0.249 e. The number of rotatable bonds is 9. The number of pyridine rings is 1. The van der Waals surface area contributed by atoms with Gasteiger partial charge in [-0.3, -0.25) is 19.8 Å². The molecule has 11 heteroatoms. The number of benzene rings is 2. The summed E-state index contributed by atoms with van der Waals surface area (Å²) in [6.07, 6.45) is 6.82. The number of hydrogen-bond acceptors (Lipinski definition) is 9. The quantitative estimate of drug-likeness (QED) is 0.161. The third-order valence-corrected chi connectivity index (χ3v) is 9.31. The van der Waals surface area contributed by atoms with Crippen molar-refractivity contribution in [3.8, 4) is 17.0 Å². The fourth-order valence-electron chi connectivity index (χ4n) is 6.96. The van der Waals surface area contributed by atoms with E-state index in [9.17, 15) is 14.7 Å². The van der Waals surface area contributed by atoms with Crippen molar-refractivity contribution >= 4 is 45.3 Å². The molecule has 3 aromatic heterocycles. The molecule has 2 fully saturated rings. The molecule has 11 nitrogen and oxygen atoms in total. The van der Waals surface area contributed by atoms with E-state index in [2.05, 4.69) is 54.6 Å². The van der Waals surface area contributed by atoms with Gasteiger partial charge in [0.05, 0.1) is 16.9 Å². The zero-order chi connectivity index (χ0) is 31.6. The Bertz CT molecular complexity index is 1910. The normalized spacial score (nSPS) is 17.6. The first-order valence-electron chi connectivity index (χ1n) is 16.1. The van der Waals surface area contributed by atoms with Gasteiger partial charge < -0.3 is 20.3 Å². The molecule has 0 saturated carbocycles. The van der Waals surface area contributed by atoms with E-state index < -0.39 is 6.04 Å². The number of aromatic hydroxyl groups is 1. The van der Waals surface area contributed by atoms with Gasteiger partial charge in [0.15, 0.2) is 5.82 Å². The first-order chi connectivity index (χ1) is 22.5. The Morgan fingerprint density at radius 1 is 0.935 bits per heavy atom. The zero-order valence-electron chi connectivity index (χ0n) is 25.7. The molecule has 5 heterocycles. The SMILES string of the molecule is Nc1nnc(-c2ccccc2O)cc1N1CCN(CCCCCc2cccc3c2c2cccnc2n3C2CCC(=O)NC2=O)CC1. The van der Waals surface area contributed by atoms with Crippen molar-refractivity contribution in [1.29, 1.82) is 0 Å². The Morgan fingerprint density at radius 2 is 1.78 bits per heavy atom. The van der Waals surface area contributed by atoms with E-state index in [-0.39, 0.29) is 17.6 Å². The van der Waals surface area contributed by atoms with Crippen molar-refractivity contribution in [1.82, 2.24) is 30.0 Å². The monoisotopic (exact) mass is 618 g/mol. The predicted octanol–water partition coefficient (Wildman–Crippen LogP) is 4.45. The topological polar surface area (TPSA) is 142 Å². The van der Waals surface area contributed by atoms with Gasteiger partial charge in [0.1, 0.15) is 17.4 Å². The number of carbonyl (C=O) groups excluding carboxylic acids is 2. The second-order valence-electron chi connectivity index (χ2n) is 12.2. The largest absolute Gasteiger partial charge is 0.507 e. The van der Waals surface area contributed by atoms with Crippen molar-refractivity contribution in [3.63, 3.8) is 0 Å². The fourth-order valence-corrected chi connectivity index (χ4v) is 6.96. The maximum Gasteiger partial charge on any atom is 0.249 e. The van der Waals surface area contributed by atoms with E-state index >= 15 is 0 Å². The van der Waals surface area contributed by atoms with Crippen LogP contribution in [0.5, 0.6) is 5.75 Å². The van der Waals surface area contributed by atoms with Crippen LogP contribution in [-0.4, -0.2) is 74.3 Å². The average molecular weight is 619 g/mol. The molecule has 0 bridgehead atoms. The molecule has 1 atom stereocenters. The maximum absolute atomic E-state index is 12.8. The van der Waals surface area contributed by atoms with Gasteiger partial charge in [-0.2, -0.15) is 0 Å². The lowest BCUT2D eigenvalue weighted by atomic mass is 10.0. The number of para-hydroxylation sites is 1. The van der Waals surface area contributed by atoms with Crippen LogP contribution in [0.4, 0.5) is 11.5 Å². The lowest BCUT2D eigenvalue weighted by molar-refractivity contribution is -0.135. The van der Waals surface area contributed by atoms with Crippen LogP contribution in [0.25, 0.3) is 33.2 Å². The molecule has 4 N–H and O–H groups in total. The van der Waals surface area contributed by atoms with Gasteiger partial charge in [-0.25, -0.2) is 4.98 Å². The first-order valence-corrected chi connectivity index (χ1v) is 16.1. The summed E-state index contributed by atoms with van der Waals surface area (Å²) in [4.78, 5) is 34.1.